The average molecular weight is 213 g/mol. The standard InChI is InChI=1S/C11H23N3O/c1-2-11(15)9-13-3-5-14(6-4-13)10-7-12-8-10/h10-12,15H,2-9H2,1H3. The summed E-state index contributed by atoms with van der Waals surface area (Å²) in [6.07, 6.45) is 0.731. The van der Waals surface area contributed by atoms with E-state index >= 15 is 0 Å². The van der Waals surface area contributed by atoms with E-state index in [-0.39, 0.29) is 6.10 Å². The van der Waals surface area contributed by atoms with Crippen molar-refractivity contribution in [2.75, 3.05) is 45.8 Å². The van der Waals surface area contributed by atoms with Crippen molar-refractivity contribution in [2.24, 2.45) is 0 Å². The summed E-state index contributed by atoms with van der Waals surface area (Å²) in [5.74, 6) is 0. The zero-order valence-corrected chi connectivity index (χ0v) is 9.65. The van der Waals surface area contributed by atoms with E-state index in [0.29, 0.717) is 0 Å². The van der Waals surface area contributed by atoms with Crippen LogP contribution in [0.3, 0.4) is 0 Å². The smallest absolute Gasteiger partial charge is 0.0664 e. The van der Waals surface area contributed by atoms with Gasteiger partial charge in [-0.05, 0) is 6.42 Å². The minimum Gasteiger partial charge on any atom is -0.392 e. The highest BCUT2D eigenvalue weighted by Gasteiger charge is 2.27. The Morgan fingerprint density at radius 3 is 2.40 bits per heavy atom. The third-order valence-electron chi connectivity index (χ3n) is 3.62. The average Bonchev–Trinajstić information content (AvgIpc) is 2.18. The van der Waals surface area contributed by atoms with Crippen LogP contribution in [0.5, 0.6) is 0 Å². The second-order valence-electron chi connectivity index (χ2n) is 4.71. The second kappa shape index (κ2) is 5.25. The van der Waals surface area contributed by atoms with Gasteiger partial charge >= 0.3 is 0 Å². The van der Waals surface area contributed by atoms with Gasteiger partial charge in [-0.3, -0.25) is 9.80 Å². The maximum atomic E-state index is 9.58. The zero-order chi connectivity index (χ0) is 10.7. The SMILES string of the molecule is CCC(O)CN1CCN(C2CNC2)CC1. The first kappa shape index (κ1) is 11.3. The van der Waals surface area contributed by atoms with E-state index in [9.17, 15) is 5.11 Å². The number of β-amino-alcohol motifs (C(OH)–C–C–N with tert-alkyl or cyclic N) is 1. The molecular formula is C11H23N3O. The Balaban J connectivity index is 1.67. The largest absolute Gasteiger partial charge is 0.392 e. The molecule has 2 heterocycles. The number of piperazine rings is 1. The van der Waals surface area contributed by atoms with Crippen LogP contribution in [0.15, 0.2) is 0 Å². The first-order valence-electron chi connectivity index (χ1n) is 6.14. The van der Waals surface area contributed by atoms with Crippen molar-refractivity contribution in [3.05, 3.63) is 0 Å². The molecule has 4 heteroatoms. The van der Waals surface area contributed by atoms with Crippen LogP contribution < -0.4 is 5.32 Å². The lowest BCUT2D eigenvalue weighted by Crippen LogP contribution is -2.61. The van der Waals surface area contributed by atoms with E-state index < -0.39 is 0 Å². The van der Waals surface area contributed by atoms with Crippen LogP contribution in [-0.4, -0.2) is 72.9 Å². The molecule has 2 fully saturated rings. The summed E-state index contributed by atoms with van der Waals surface area (Å²) in [7, 11) is 0. The quantitative estimate of drug-likeness (QED) is 0.651. The highest BCUT2D eigenvalue weighted by atomic mass is 16.3. The molecule has 0 spiro atoms. The molecule has 0 amide bonds. The molecule has 1 unspecified atom stereocenters. The van der Waals surface area contributed by atoms with Crippen molar-refractivity contribution in [2.45, 2.75) is 25.5 Å². The van der Waals surface area contributed by atoms with E-state index in [4.69, 9.17) is 0 Å². The highest BCUT2D eigenvalue weighted by Crippen LogP contribution is 2.10. The molecule has 2 N–H and O–H groups in total. The van der Waals surface area contributed by atoms with Crippen LogP contribution in [0.4, 0.5) is 0 Å². The van der Waals surface area contributed by atoms with Gasteiger partial charge in [0.15, 0.2) is 0 Å². The van der Waals surface area contributed by atoms with Gasteiger partial charge in [-0.15, -0.1) is 0 Å². The summed E-state index contributed by atoms with van der Waals surface area (Å²) in [6.45, 7) is 9.80. The lowest BCUT2D eigenvalue weighted by atomic mass is 10.1. The predicted octanol–water partition coefficient (Wildman–Crippen LogP) is -0.653. The number of aliphatic hydroxyl groups is 1. The molecule has 1 atom stereocenters. The molecule has 0 aromatic rings. The Labute approximate surface area is 92.2 Å². The fraction of sp³-hybridized carbons (Fsp3) is 1.00. The summed E-state index contributed by atoms with van der Waals surface area (Å²) in [4.78, 5) is 4.96. The molecule has 2 aliphatic heterocycles. The Morgan fingerprint density at radius 2 is 1.93 bits per heavy atom. The van der Waals surface area contributed by atoms with Crippen molar-refractivity contribution in [3.63, 3.8) is 0 Å². The van der Waals surface area contributed by atoms with Gasteiger partial charge in [0, 0.05) is 51.9 Å². The van der Waals surface area contributed by atoms with Gasteiger partial charge < -0.3 is 10.4 Å². The van der Waals surface area contributed by atoms with E-state index in [1.54, 1.807) is 0 Å². The highest BCUT2D eigenvalue weighted by molar-refractivity contribution is 4.87. The summed E-state index contributed by atoms with van der Waals surface area (Å²) in [6, 6.07) is 0.781. The van der Waals surface area contributed by atoms with E-state index in [2.05, 4.69) is 15.1 Å². The van der Waals surface area contributed by atoms with E-state index in [1.807, 2.05) is 6.92 Å². The Morgan fingerprint density at radius 1 is 1.27 bits per heavy atom. The van der Waals surface area contributed by atoms with Crippen LogP contribution in [-0.2, 0) is 0 Å². The molecule has 0 aromatic carbocycles. The zero-order valence-electron chi connectivity index (χ0n) is 9.65. The van der Waals surface area contributed by atoms with E-state index in [1.165, 1.54) is 13.1 Å². The molecule has 0 aromatic heterocycles. The van der Waals surface area contributed by atoms with Gasteiger partial charge in [0.2, 0.25) is 0 Å². The fourth-order valence-corrected chi connectivity index (χ4v) is 2.27. The Kier molecular flexibility index (Phi) is 3.97. The van der Waals surface area contributed by atoms with Crippen LogP contribution in [0.25, 0.3) is 0 Å². The number of nitrogens with zero attached hydrogens (tertiary/aromatic N) is 2. The topological polar surface area (TPSA) is 38.7 Å². The van der Waals surface area contributed by atoms with Crippen molar-refractivity contribution in [3.8, 4) is 0 Å². The molecule has 4 nitrogen and oxygen atoms in total. The monoisotopic (exact) mass is 213 g/mol. The van der Waals surface area contributed by atoms with Gasteiger partial charge in [-0.1, -0.05) is 6.92 Å². The molecular weight excluding hydrogens is 190 g/mol. The third kappa shape index (κ3) is 2.91. The number of rotatable bonds is 4. The van der Waals surface area contributed by atoms with Gasteiger partial charge in [-0.2, -0.15) is 0 Å². The van der Waals surface area contributed by atoms with Gasteiger partial charge in [0.25, 0.3) is 0 Å². The first-order valence-corrected chi connectivity index (χ1v) is 6.14. The number of hydrogen-bond acceptors (Lipinski definition) is 4. The van der Waals surface area contributed by atoms with Crippen molar-refractivity contribution in [1.29, 1.82) is 0 Å². The summed E-state index contributed by atoms with van der Waals surface area (Å²) < 4.78 is 0. The molecule has 0 saturated carbocycles. The third-order valence-corrected chi connectivity index (χ3v) is 3.62. The lowest BCUT2D eigenvalue weighted by Gasteiger charge is -2.43. The normalized spacial score (nSPS) is 27.6. The van der Waals surface area contributed by atoms with Crippen molar-refractivity contribution < 1.29 is 5.11 Å². The van der Waals surface area contributed by atoms with Crippen LogP contribution in [0.2, 0.25) is 0 Å². The van der Waals surface area contributed by atoms with Gasteiger partial charge in [0.05, 0.1) is 6.10 Å². The molecule has 88 valence electrons. The second-order valence-corrected chi connectivity index (χ2v) is 4.71. The molecule has 0 aliphatic carbocycles. The van der Waals surface area contributed by atoms with Crippen LogP contribution >= 0.6 is 0 Å². The van der Waals surface area contributed by atoms with Crippen LogP contribution in [0.1, 0.15) is 13.3 Å². The minimum atomic E-state index is -0.137. The molecule has 0 radical (unpaired) electrons. The minimum absolute atomic E-state index is 0.137. The van der Waals surface area contributed by atoms with Gasteiger partial charge in [-0.25, -0.2) is 0 Å². The Bertz CT molecular complexity index is 188. The molecule has 2 rings (SSSR count). The fourth-order valence-electron chi connectivity index (χ4n) is 2.27. The Hall–Kier alpha value is -0.160. The number of nitrogens with one attached hydrogen (secondary N) is 1. The molecule has 0 bridgehead atoms. The first-order chi connectivity index (χ1) is 7.29. The number of aliphatic hydroxyl groups excluding tert-OH is 1. The van der Waals surface area contributed by atoms with E-state index in [0.717, 1.165) is 45.2 Å². The maximum absolute atomic E-state index is 9.58. The molecule has 2 saturated heterocycles. The molecule has 15 heavy (non-hydrogen) atoms. The van der Waals surface area contributed by atoms with Crippen molar-refractivity contribution >= 4 is 0 Å². The maximum Gasteiger partial charge on any atom is 0.0664 e. The molecule has 2 aliphatic rings. The van der Waals surface area contributed by atoms with Gasteiger partial charge in [0.1, 0.15) is 0 Å². The van der Waals surface area contributed by atoms with Crippen LogP contribution in [0, 0.1) is 0 Å². The predicted molar refractivity (Wildman–Crippen MR) is 61.0 cm³/mol. The van der Waals surface area contributed by atoms with Crippen molar-refractivity contribution in [1.82, 2.24) is 15.1 Å². The number of hydrogen-bond donors (Lipinski definition) is 2. The summed E-state index contributed by atoms with van der Waals surface area (Å²) in [5.41, 5.74) is 0. The summed E-state index contributed by atoms with van der Waals surface area (Å²) >= 11 is 0. The summed E-state index contributed by atoms with van der Waals surface area (Å²) in [5, 5.41) is 12.9. The lowest BCUT2D eigenvalue weighted by molar-refractivity contribution is 0.0433.